The molecule has 4 aromatic rings. The van der Waals surface area contributed by atoms with E-state index in [9.17, 15) is 19.5 Å². The summed E-state index contributed by atoms with van der Waals surface area (Å²) in [6.45, 7) is 6.61. The van der Waals surface area contributed by atoms with Crippen LogP contribution in [0.3, 0.4) is 0 Å². The lowest BCUT2D eigenvalue weighted by molar-refractivity contribution is -0.0600. The van der Waals surface area contributed by atoms with Gasteiger partial charge < -0.3 is 14.3 Å². The van der Waals surface area contributed by atoms with Crippen molar-refractivity contribution in [1.82, 2.24) is 14.6 Å². The zero-order valence-corrected chi connectivity index (χ0v) is 27.8. The molecule has 10 nitrogen and oxygen atoms in total. The second kappa shape index (κ2) is 13.9. The quantitative estimate of drug-likeness (QED) is 0.140. The first-order valence-corrected chi connectivity index (χ1v) is 17.3. The fourth-order valence-electron chi connectivity index (χ4n) is 5.85. The first-order chi connectivity index (χ1) is 21.6. The highest BCUT2D eigenvalue weighted by atomic mass is 79.9. The Morgan fingerprint density at radius 3 is 2.04 bits per heavy atom. The number of nitrogens with zero attached hydrogens (tertiary/aromatic N) is 2. The van der Waals surface area contributed by atoms with Crippen LogP contribution in [0.15, 0.2) is 111 Å². The standard InChI is InChI=1S/C33H36BrN3O7Si/c1-33(2,3)45(24-15-9-5-10-16-24,25-17-11-6-12-18-25)43-21-27-29(39)28(35-42-20-23-13-7-4-8-14-23)31(44-27)36-19-26(34)30(40)37(22-38)32(36)41/h4-19,22,27-29,31,35,39H,20-21H2,1-3H3/t27-,28?,29?,31-/m0/s1. The fourth-order valence-corrected chi connectivity index (χ4v) is 10.8. The van der Waals surface area contributed by atoms with Gasteiger partial charge in [-0.2, -0.15) is 10.0 Å². The molecule has 5 rings (SSSR count). The van der Waals surface area contributed by atoms with Gasteiger partial charge in [0.05, 0.1) is 17.7 Å². The maximum absolute atomic E-state index is 13.3. The van der Waals surface area contributed by atoms with Crippen LogP contribution < -0.4 is 27.1 Å². The molecule has 0 radical (unpaired) electrons. The van der Waals surface area contributed by atoms with Crippen molar-refractivity contribution in [3.05, 3.63) is 128 Å². The second-order valence-corrected chi connectivity index (χ2v) is 17.1. The number of aliphatic hydroxyl groups is 1. The van der Waals surface area contributed by atoms with Crippen LogP contribution in [0.5, 0.6) is 0 Å². The van der Waals surface area contributed by atoms with Crippen LogP contribution >= 0.6 is 15.9 Å². The molecular weight excluding hydrogens is 658 g/mol. The van der Waals surface area contributed by atoms with E-state index < -0.39 is 44.0 Å². The summed E-state index contributed by atoms with van der Waals surface area (Å²) in [5.41, 5.74) is 2.04. The van der Waals surface area contributed by atoms with Crippen molar-refractivity contribution in [3.8, 4) is 0 Å². The minimum absolute atomic E-state index is 0.00888. The van der Waals surface area contributed by atoms with Gasteiger partial charge in [-0.25, -0.2) is 4.79 Å². The molecule has 1 aliphatic rings. The maximum Gasteiger partial charge on any atom is 0.339 e. The third kappa shape index (κ3) is 6.58. The number of aliphatic hydroxyl groups excluding tert-OH is 1. The van der Waals surface area contributed by atoms with E-state index in [4.69, 9.17) is 14.0 Å². The van der Waals surface area contributed by atoms with E-state index in [2.05, 4.69) is 66.4 Å². The molecule has 45 heavy (non-hydrogen) atoms. The molecule has 2 heterocycles. The number of carbonyl (C=O) groups is 1. The van der Waals surface area contributed by atoms with E-state index >= 15 is 0 Å². The molecule has 0 bridgehead atoms. The Hall–Kier alpha value is -3.49. The highest BCUT2D eigenvalue weighted by Gasteiger charge is 2.52. The van der Waals surface area contributed by atoms with E-state index in [0.29, 0.717) is 4.57 Å². The third-order valence-corrected chi connectivity index (χ3v) is 13.6. The molecule has 0 spiro atoms. The number of benzene rings is 3. The van der Waals surface area contributed by atoms with Crippen LogP contribution in [-0.4, -0.2) is 53.8 Å². The lowest BCUT2D eigenvalue weighted by Gasteiger charge is -2.43. The molecule has 0 amide bonds. The third-order valence-electron chi connectivity index (χ3n) is 8.03. The number of hydrogen-bond donors (Lipinski definition) is 2. The summed E-state index contributed by atoms with van der Waals surface area (Å²) in [5.74, 6) is 0. The van der Waals surface area contributed by atoms with Crippen LogP contribution in [0.4, 0.5) is 0 Å². The normalized spacial score (nSPS) is 20.3. The summed E-state index contributed by atoms with van der Waals surface area (Å²) in [5, 5.41) is 13.5. The Bertz CT molecular complexity index is 1670. The smallest absolute Gasteiger partial charge is 0.339 e. The van der Waals surface area contributed by atoms with Crippen LogP contribution in [-0.2, 0) is 25.4 Å². The first-order valence-electron chi connectivity index (χ1n) is 14.6. The van der Waals surface area contributed by atoms with E-state index in [-0.39, 0.29) is 29.1 Å². The SMILES string of the molecule is CC(C)(C)[Si](OC[C@@H]1O[C@H](n2cc(Br)c(=O)n(C=O)c2=O)C(NOCc2ccccc2)C1O)(c1ccccc1)c1ccccc1. The summed E-state index contributed by atoms with van der Waals surface area (Å²) >= 11 is 3.14. The largest absolute Gasteiger partial charge is 0.405 e. The highest BCUT2D eigenvalue weighted by Crippen LogP contribution is 2.38. The Morgan fingerprint density at radius 2 is 1.51 bits per heavy atom. The van der Waals surface area contributed by atoms with Crippen LogP contribution in [0.25, 0.3) is 0 Å². The van der Waals surface area contributed by atoms with Gasteiger partial charge >= 0.3 is 5.69 Å². The minimum Gasteiger partial charge on any atom is -0.405 e. The number of halogens is 1. The lowest BCUT2D eigenvalue weighted by atomic mass is 10.1. The summed E-state index contributed by atoms with van der Waals surface area (Å²) in [6, 6.07) is 28.6. The van der Waals surface area contributed by atoms with Crippen LogP contribution in [0.1, 0.15) is 32.6 Å². The highest BCUT2D eigenvalue weighted by molar-refractivity contribution is 9.10. The monoisotopic (exact) mass is 693 g/mol. The van der Waals surface area contributed by atoms with Gasteiger partial charge in [0, 0.05) is 6.20 Å². The van der Waals surface area contributed by atoms with Crippen molar-refractivity contribution in [2.45, 2.75) is 56.9 Å². The van der Waals surface area contributed by atoms with Gasteiger partial charge in [0.1, 0.15) is 18.2 Å². The van der Waals surface area contributed by atoms with Crippen LogP contribution in [0.2, 0.25) is 5.04 Å². The molecule has 1 saturated heterocycles. The Labute approximate surface area is 270 Å². The molecule has 3 aromatic carbocycles. The fraction of sp³-hybridized carbons (Fsp3) is 0.303. The zero-order chi connectivity index (χ0) is 32.2. The Balaban J connectivity index is 1.50. The molecule has 1 fully saturated rings. The summed E-state index contributed by atoms with van der Waals surface area (Å²) < 4.78 is 14.9. The average Bonchev–Trinajstić information content (AvgIpc) is 3.35. The first kappa shape index (κ1) is 32.9. The van der Waals surface area contributed by atoms with Crippen molar-refractivity contribution < 1.29 is 23.9 Å². The van der Waals surface area contributed by atoms with Gasteiger partial charge in [-0.05, 0) is 36.9 Å². The average molecular weight is 695 g/mol. The van der Waals surface area contributed by atoms with Gasteiger partial charge in [0.2, 0.25) is 6.41 Å². The molecular formula is C33H36BrN3O7Si. The number of nitrogens with one attached hydrogen (secondary N) is 1. The lowest BCUT2D eigenvalue weighted by Crippen LogP contribution is -2.67. The molecule has 0 saturated carbocycles. The maximum atomic E-state index is 13.3. The molecule has 4 atom stereocenters. The van der Waals surface area contributed by atoms with E-state index in [1.54, 1.807) is 0 Å². The van der Waals surface area contributed by atoms with E-state index in [1.807, 2.05) is 66.7 Å². The Kier molecular flexibility index (Phi) is 10.1. The molecule has 2 unspecified atom stereocenters. The second-order valence-electron chi connectivity index (χ2n) is 11.9. The van der Waals surface area contributed by atoms with Crippen molar-refractivity contribution in [1.29, 1.82) is 0 Å². The Morgan fingerprint density at radius 1 is 0.956 bits per heavy atom. The summed E-state index contributed by atoms with van der Waals surface area (Å²) in [6.07, 6.45) is -1.86. The van der Waals surface area contributed by atoms with E-state index in [1.165, 1.54) is 6.20 Å². The molecule has 236 valence electrons. The number of rotatable bonds is 11. The number of hydroxylamine groups is 1. The van der Waals surface area contributed by atoms with Gasteiger partial charge in [-0.3, -0.25) is 19.0 Å². The molecule has 1 aromatic heterocycles. The van der Waals surface area contributed by atoms with Gasteiger partial charge in [-0.1, -0.05) is 112 Å². The van der Waals surface area contributed by atoms with Gasteiger partial charge in [0.15, 0.2) is 6.23 Å². The minimum atomic E-state index is -2.99. The number of hydrogen-bond acceptors (Lipinski definition) is 8. The van der Waals surface area contributed by atoms with Crippen molar-refractivity contribution in [2.75, 3.05) is 6.61 Å². The van der Waals surface area contributed by atoms with Crippen molar-refractivity contribution in [2.24, 2.45) is 0 Å². The van der Waals surface area contributed by atoms with Gasteiger partial charge in [0.25, 0.3) is 13.9 Å². The van der Waals surface area contributed by atoms with Gasteiger partial charge in [-0.15, -0.1) is 0 Å². The topological polar surface area (TPSA) is 121 Å². The van der Waals surface area contributed by atoms with Crippen molar-refractivity contribution >= 4 is 41.0 Å². The molecule has 12 heteroatoms. The summed E-state index contributed by atoms with van der Waals surface area (Å²) in [7, 11) is -2.99. The predicted molar refractivity (Wildman–Crippen MR) is 176 cm³/mol. The zero-order valence-electron chi connectivity index (χ0n) is 25.2. The molecule has 2 N–H and O–H groups in total. The van der Waals surface area contributed by atoms with Crippen molar-refractivity contribution in [3.63, 3.8) is 0 Å². The molecule has 1 aliphatic heterocycles. The number of ether oxygens (including phenoxy) is 1. The van der Waals surface area contributed by atoms with Crippen LogP contribution in [0, 0.1) is 0 Å². The number of aromatic nitrogens is 2. The van der Waals surface area contributed by atoms with E-state index in [0.717, 1.165) is 20.5 Å². The predicted octanol–water partition coefficient (Wildman–Crippen LogP) is 2.74. The summed E-state index contributed by atoms with van der Waals surface area (Å²) in [4.78, 5) is 43.1. The molecule has 0 aliphatic carbocycles. The number of carbonyl (C=O) groups excluding carboxylic acids is 1.